The van der Waals surface area contributed by atoms with E-state index in [0.717, 1.165) is 16.5 Å². The van der Waals surface area contributed by atoms with Crippen LogP contribution in [0.3, 0.4) is 0 Å². The smallest absolute Gasteiger partial charge is 0.341 e. The monoisotopic (exact) mass is 454 g/mol. The van der Waals surface area contributed by atoms with Gasteiger partial charge in [-0.3, -0.25) is 9.69 Å². The Bertz CT molecular complexity index is 1100. The van der Waals surface area contributed by atoms with Crippen molar-refractivity contribution in [2.24, 2.45) is 0 Å². The first kappa shape index (κ1) is 22.8. The van der Waals surface area contributed by atoms with E-state index < -0.39 is 18.7 Å². The van der Waals surface area contributed by atoms with Gasteiger partial charge in [0.2, 0.25) is 5.91 Å². The summed E-state index contributed by atoms with van der Waals surface area (Å²) in [4.78, 5) is 27.7. The molecule has 33 heavy (non-hydrogen) atoms. The molecule has 1 aliphatic heterocycles. The molecule has 4 rings (SSSR count). The number of hydrogen-bond donors (Lipinski definition) is 1. The Hall–Kier alpha value is -3.39. The number of carbonyl (C=O) groups is 2. The molecule has 1 aromatic heterocycles. The molecule has 0 aliphatic carbocycles. The van der Waals surface area contributed by atoms with Gasteiger partial charge in [0.25, 0.3) is 0 Å². The van der Waals surface area contributed by atoms with Gasteiger partial charge in [-0.15, -0.1) is 0 Å². The van der Waals surface area contributed by atoms with Crippen LogP contribution in [-0.2, 0) is 16.0 Å². The van der Waals surface area contributed by atoms with E-state index >= 15 is 0 Å². The molecule has 2 aromatic carbocycles. The molecule has 1 N–H and O–H groups in total. The minimum atomic E-state index is -1.07. The normalized spacial score (nSPS) is 17.2. The topological polar surface area (TPSA) is 83.2 Å². The summed E-state index contributed by atoms with van der Waals surface area (Å²) >= 11 is 0. The summed E-state index contributed by atoms with van der Waals surface area (Å²) < 4.78 is 24.9. The first-order valence-electron chi connectivity index (χ1n) is 10.9. The van der Waals surface area contributed by atoms with E-state index in [4.69, 9.17) is 14.3 Å². The molecule has 174 valence electrons. The lowest BCUT2D eigenvalue weighted by atomic mass is 10.0. The number of rotatable bonds is 9. The highest BCUT2D eigenvalue weighted by Gasteiger charge is 2.29. The largest absolute Gasteiger partial charge is 0.482 e. The number of benzene rings is 2. The number of ether oxygens (including phenoxy) is 1. The minimum absolute atomic E-state index is 0.0998. The third-order valence-corrected chi connectivity index (χ3v) is 5.91. The Kier molecular flexibility index (Phi) is 6.93. The van der Waals surface area contributed by atoms with Gasteiger partial charge >= 0.3 is 5.97 Å². The zero-order valence-electron chi connectivity index (χ0n) is 18.4. The van der Waals surface area contributed by atoms with Crippen LogP contribution in [0.4, 0.5) is 4.39 Å². The van der Waals surface area contributed by atoms with Crippen molar-refractivity contribution in [1.82, 2.24) is 9.80 Å². The number of carboxylic acid groups (broad SMARTS) is 1. The summed E-state index contributed by atoms with van der Waals surface area (Å²) in [6.45, 7) is 0.964. The van der Waals surface area contributed by atoms with Crippen LogP contribution < -0.4 is 4.74 Å². The van der Waals surface area contributed by atoms with Crippen molar-refractivity contribution in [3.05, 3.63) is 65.9 Å². The fourth-order valence-corrected chi connectivity index (χ4v) is 4.18. The second-order valence-electron chi connectivity index (χ2n) is 8.35. The maximum atomic E-state index is 13.8. The molecule has 1 saturated heterocycles. The highest BCUT2D eigenvalue weighted by Crippen LogP contribution is 2.28. The van der Waals surface area contributed by atoms with E-state index in [1.807, 2.05) is 41.3 Å². The van der Waals surface area contributed by atoms with Gasteiger partial charge in [0.15, 0.2) is 6.61 Å². The molecule has 0 radical (unpaired) electrons. The molecule has 7 nitrogen and oxygen atoms in total. The second-order valence-corrected chi connectivity index (χ2v) is 8.35. The van der Waals surface area contributed by atoms with Crippen LogP contribution in [-0.4, -0.2) is 66.2 Å². The molecule has 2 atom stereocenters. The molecular weight excluding hydrogens is 427 g/mol. The molecule has 0 unspecified atom stereocenters. The quantitative estimate of drug-likeness (QED) is 0.531. The van der Waals surface area contributed by atoms with Crippen LogP contribution >= 0.6 is 0 Å². The average Bonchev–Trinajstić information content (AvgIpc) is 3.40. The molecule has 8 heteroatoms. The number of carboxylic acids is 1. The standard InChI is InChI=1S/C25H27FN2O5/c1-27(24(29)13-21-12-18-5-2-3-8-23(18)33-21)22(15-28-10-9-19(26)14-28)17-6-4-7-20(11-17)32-16-25(30)31/h2-8,11-12,19,22H,9-10,13-16H2,1H3,(H,30,31)/t19-,22-/m1/s1. The van der Waals surface area contributed by atoms with Gasteiger partial charge in [0.1, 0.15) is 23.3 Å². The molecule has 0 bridgehead atoms. The van der Waals surface area contributed by atoms with E-state index in [1.54, 1.807) is 30.1 Å². The third-order valence-electron chi connectivity index (χ3n) is 5.91. The fraction of sp³-hybridized carbons (Fsp3) is 0.360. The number of fused-ring (bicyclic) bond motifs is 1. The summed E-state index contributed by atoms with van der Waals surface area (Å²) in [6.07, 6.45) is -0.291. The lowest BCUT2D eigenvalue weighted by Gasteiger charge is -2.32. The number of halogens is 1. The van der Waals surface area contributed by atoms with Crippen molar-refractivity contribution in [3.8, 4) is 5.75 Å². The third kappa shape index (κ3) is 5.70. The Balaban J connectivity index is 1.54. The molecule has 0 saturated carbocycles. The van der Waals surface area contributed by atoms with E-state index in [-0.39, 0.29) is 18.4 Å². The van der Waals surface area contributed by atoms with Crippen molar-refractivity contribution >= 4 is 22.8 Å². The van der Waals surface area contributed by atoms with Gasteiger partial charge in [0, 0.05) is 32.1 Å². The summed E-state index contributed by atoms with van der Waals surface area (Å²) in [6, 6.07) is 16.1. The number of carbonyl (C=O) groups excluding carboxylic acids is 1. The molecular formula is C25H27FN2O5. The van der Waals surface area contributed by atoms with Crippen molar-refractivity contribution in [2.75, 3.05) is 33.3 Å². The summed E-state index contributed by atoms with van der Waals surface area (Å²) in [5, 5.41) is 9.83. The molecule has 1 amide bonds. The number of alkyl halides is 1. The molecule has 3 aromatic rings. The van der Waals surface area contributed by atoms with Crippen LogP contribution in [0.25, 0.3) is 11.0 Å². The zero-order valence-corrected chi connectivity index (χ0v) is 18.4. The molecule has 1 fully saturated rings. The Morgan fingerprint density at radius 2 is 2.06 bits per heavy atom. The van der Waals surface area contributed by atoms with Crippen molar-refractivity contribution in [2.45, 2.75) is 25.1 Å². The summed E-state index contributed by atoms with van der Waals surface area (Å²) in [5.74, 6) is -0.216. The number of likely N-dealkylation sites (tertiary alicyclic amines) is 1. The van der Waals surface area contributed by atoms with Crippen LogP contribution in [0.2, 0.25) is 0 Å². The second kappa shape index (κ2) is 10.0. The van der Waals surface area contributed by atoms with Gasteiger partial charge in [0.05, 0.1) is 12.5 Å². The number of likely N-dealkylation sites (N-methyl/N-ethyl adjacent to an activating group) is 1. The summed E-state index contributed by atoms with van der Waals surface area (Å²) in [5.41, 5.74) is 1.52. The lowest BCUT2D eigenvalue weighted by Crippen LogP contribution is -2.39. The van der Waals surface area contributed by atoms with Crippen molar-refractivity contribution in [1.29, 1.82) is 0 Å². The average molecular weight is 454 g/mol. The first-order chi connectivity index (χ1) is 15.9. The van der Waals surface area contributed by atoms with Crippen LogP contribution in [0.1, 0.15) is 23.8 Å². The maximum Gasteiger partial charge on any atom is 0.341 e. The molecule has 0 spiro atoms. The number of para-hydroxylation sites is 1. The van der Waals surface area contributed by atoms with E-state index in [1.165, 1.54) is 0 Å². The fourth-order valence-electron chi connectivity index (χ4n) is 4.18. The number of amides is 1. The maximum absolute atomic E-state index is 13.8. The van der Waals surface area contributed by atoms with Crippen LogP contribution in [0.5, 0.6) is 5.75 Å². The van der Waals surface area contributed by atoms with Crippen molar-refractivity contribution in [3.63, 3.8) is 0 Å². The van der Waals surface area contributed by atoms with E-state index in [9.17, 15) is 14.0 Å². The predicted octanol–water partition coefficient (Wildman–Crippen LogP) is 3.68. The zero-order chi connectivity index (χ0) is 23.4. The Morgan fingerprint density at radius 3 is 2.79 bits per heavy atom. The van der Waals surface area contributed by atoms with E-state index in [0.29, 0.717) is 37.6 Å². The summed E-state index contributed by atoms with van der Waals surface area (Å²) in [7, 11) is 1.73. The van der Waals surface area contributed by atoms with Crippen LogP contribution in [0, 0.1) is 0 Å². The van der Waals surface area contributed by atoms with Gasteiger partial charge in [-0.25, -0.2) is 9.18 Å². The number of nitrogens with zero attached hydrogens (tertiary/aromatic N) is 2. The number of aliphatic carboxylic acids is 1. The lowest BCUT2D eigenvalue weighted by molar-refractivity contribution is -0.139. The first-order valence-corrected chi connectivity index (χ1v) is 10.9. The van der Waals surface area contributed by atoms with Gasteiger partial charge in [-0.05, 0) is 36.2 Å². The number of hydrogen-bond acceptors (Lipinski definition) is 5. The van der Waals surface area contributed by atoms with Crippen molar-refractivity contribution < 1.29 is 28.2 Å². The van der Waals surface area contributed by atoms with Gasteiger partial charge in [-0.1, -0.05) is 30.3 Å². The predicted molar refractivity (Wildman–Crippen MR) is 121 cm³/mol. The van der Waals surface area contributed by atoms with Crippen LogP contribution in [0.15, 0.2) is 59.0 Å². The highest BCUT2D eigenvalue weighted by molar-refractivity contribution is 5.82. The molecule has 1 aliphatic rings. The van der Waals surface area contributed by atoms with Gasteiger partial charge < -0.3 is 19.2 Å². The molecule has 2 heterocycles. The number of furan rings is 1. The SMILES string of the molecule is CN(C(=O)Cc1cc2ccccc2o1)[C@H](CN1CC[C@@H](F)C1)c1cccc(OCC(=O)O)c1. The van der Waals surface area contributed by atoms with Gasteiger partial charge in [-0.2, -0.15) is 0 Å². The van der Waals surface area contributed by atoms with E-state index in [2.05, 4.69) is 0 Å². The minimum Gasteiger partial charge on any atom is -0.482 e. The Labute approximate surface area is 191 Å². The highest BCUT2D eigenvalue weighted by atomic mass is 19.1. The Morgan fingerprint density at radius 1 is 1.24 bits per heavy atom.